The van der Waals surface area contributed by atoms with Crippen molar-refractivity contribution in [1.82, 2.24) is 5.32 Å². The molecule has 0 unspecified atom stereocenters. The summed E-state index contributed by atoms with van der Waals surface area (Å²) < 4.78 is 34.0. The minimum absolute atomic E-state index is 0.0297. The summed E-state index contributed by atoms with van der Waals surface area (Å²) in [5.74, 6) is -0.355. The molecule has 1 amide bonds. The first-order valence-corrected chi connectivity index (χ1v) is 8.84. The van der Waals surface area contributed by atoms with Crippen molar-refractivity contribution in [3.8, 4) is 0 Å². The third kappa shape index (κ3) is 4.08. The van der Waals surface area contributed by atoms with Crippen LogP contribution in [-0.2, 0) is 19.5 Å². The predicted octanol–water partition coefficient (Wildman–Crippen LogP) is 0.485. The zero-order valence-corrected chi connectivity index (χ0v) is 14.3. The molecule has 7 nitrogen and oxygen atoms in total. The highest BCUT2D eigenvalue weighted by Crippen LogP contribution is 2.20. The highest BCUT2D eigenvalue weighted by molar-refractivity contribution is 7.89. The second-order valence-electron chi connectivity index (χ2n) is 5.68. The van der Waals surface area contributed by atoms with E-state index in [2.05, 4.69) is 5.32 Å². The van der Waals surface area contributed by atoms with E-state index in [1.165, 1.54) is 6.07 Å². The van der Waals surface area contributed by atoms with E-state index in [-0.39, 0.29) is 28.5 Å². The molecule has 2 rings (SSSR count). The van der Waals surface area contributed by atoms with Crippen LogP contribution in [0.5, 0.6) is 0 Å². The van der Waals surface area contributed by atoms with Crippen molar-refractivity contribution in [2.45, 2.75) is 37.3 Å². The lowest BCUT2D eigenvalue weighted by atomic mass is 10.0. The summed E-state index contributed by atoms with van der Waals surface area (Å²) in [6, 6.07) is 2.79. The minimum Gasteiger partial charge on any atom is -0.379 e. The van der Waals surface area contributed by atoms with Crippen LogP contribution in [0, 0.1) is 13.8 Å². The van der Waals surface area contributed by atoms with Crippen molar-refractivity contribution in [3.05, 3.63) is 28.8 Å². The fraction of sp³-hybridized carbons (Fsp3) is 0.533. The average molecular weight is 342 g/mol. The summed E-state index contributed by atoms with van der Waals surface area (Å²) in [5, 5.41) is 8.11. The number of amides is 1. The van der Waals surface area contributed by atoms with E-state index in [0.717, 1.165) is 0 Å². The van der Waals surface area contributed by atoms with E-state index in [1.54, 1.807) is 27.0 Å². The van der Waals surface area contributed by atoms with Crippen LogP contribution in [0.25, 0.3) is 0 Å². The Kier molecular flexibility index (Phi) is 5.41. The highest BCUT2D eigenvalue weighted by Gasteiger charge is 2.28. The molecule has 1 aliphatic heterocycles. The lowest BCUT2D eigenvalue weighted by molar-refractivity contribution is -0.0479. The summed E-state index contributed by atoms with van der Waals surface area (Å²) in [4.78, 5) is 12.4. The maximum Gasteiger partial charge on any atom is 0.251 e. The van der Waals surface area contributed by atoms with Crippen molar-refractivity contribution < 1.29 is 22.7 Å². The van der Waals surface area contributed by atoms with Gasteiger partial charge in [0, 0.05) is 19.3 Å². The first-order valence-electron chi connectivity index (χ1n) is 7.29. The molecule has 1 fully saturated rings. The quantitative estimate of drug-likeness (QED) is 0.828. The monoisotopic (exact) mass is 342 g/mol. The molecule has 1 saturated heterocycles. The number of ether oxygens (including phenoxy) is 2. The highest BCUT2D eigenvalue weighted by atomic mass is 32.2. The molecule has 1 aliphatic rings. The standard InChI is InChI=1S/C15H22N2O5S/c1-9-6-11(7-14(10(9)2)23(16,19)20)15(18)17-12-4-5-22-8-13(12)21-3/h6-7,12-13H,4-5,8H2,1-3H3,(H,17,18)(H2,16,19,20)/t12-,13-/m1/s1. The van der Waals surface area contributed by atoms with Gasteiger partial charge in [-0.1, -0.05) is 0 Å². The SMILES string of the molecule is CO[C@@H]1COCC[C@H]1NC(=O)c1cc(C)c(C)c(S(N)(=O)=O)c1. The molecular formula is C15H22N2O5S. The van der Waals surface area contributed by atoms with E-state index in [9.17, 15) is 13.2 Å². The first kappa shape index (κ1) is 17.9. The van der Waals surface area contributed by atoms with Gasteiger partial charge in [0.05, 0.1) is 17.5 Å². The molecule has 128 valence electrons. The third-order valence-corrected chi connectivity index (χ3v) is 5.15. The van der Waals surface area contributed by atoms with Crippen molar-refractivity contribution in [3.63, 3.8) is 0 Å². The molecule has 0 aliphatic carbocycles. The van der Waals surface area contributed by atoms with Gasteiger partial charge in [-0.3, -0.25) is 4.79 Å². The summed E-state index contributed by atoms with van der Waals surface area (Å²) in [6.45, 7) is 4.36. The smallest absolute Gasteiger partial charge is 0.251 e. The van der Waals surface area contributed by atoms with Crippen molar-refractivity contribution >= 4 is 15.9 Å². The number of hydrogen-bond acceptors (Lipinski definition) is 5. The Hall–Kier alpha value is -1.48. The van der Waals surface area contributed by atoms with E-state index in [1.807, 2.05) is 0 Å². The number of rotatable bonds is 4. The molecule has 23 heavy (non-hydrogen) atoms. The fourth-order valence-corrected chi connectivity index (χ4v) is 3.49. The van der Waals surface area contributed by atoms with Gasteiger partial charge in [0.1, 0.15) is 6.10 Å². The average Bonchev–Trinajstić information content (AvgIpc) is 2.49. The third-order valence-electron chi connectivity index (χ3n) is 4.11. The lowest BCUT2D eigenvalue weighted by Crippen LogP contribution is -2.49. The minimum atomic E-state index is -3.89. The van der Waals surface area contributed by atoms with Crippen LogP contribution >= 0.6 is 0 Å². The van der Waals surface area contributed by atoms with Crippen molar-refractivity contribution in [1.29, 1.82) is 0 Å². The van der Waals surface area contributed by atoms with Gasteiger partial charge in [-0.25, -0.2) is 13.6 Å². The van der Waals surface area contributed by atoms with Crippen LogP contribution in [0.15, 0.2) is 17.0 Å². The lowest BCUT2D eigenvalue weighted by Gasteiger charge is -2.31. The van der Waals surface area contributed by atoms with Gasteiger partial charge in [0.15, 0.2) is 0 Å². The molecule has 0 aromatic heterocycles. The number of nitrogens with one attached hydrogen (secondary N) is 1. The van der Waals surface area contributed by atoms with E-state index in [0.29, 0.717) is 30.8 Å². The number of carbonyl (C=O) groups is 1. The second kappa shape index (κ2) is 6.96. The first-order chi connectivity index (χ1) is 10.7. The number of nitrogens with two attached hydrogens (primary N) is 1. The molecule has 2 atom stereocenters. The van der Waals surface area contributed by atoms with Gasteiger partial charge < -0.3 is 14.8 Å². The van der Waals surface area contributed by atoms with Crippen LogP contribution < -0.4 is 10.5 Å². The zero-order chi connectivity index (χ0) is 17.2. The number of carbonyl (C=O) groups excluding carboxylic acids is 1. The normalized spacial score (nSPS) is 21.9. The summed E-state index contributed by atoms with van der Waals surface area (Å²) in [6.07, 6.45) is 0.411. The maximum absolute atomic E-state index is 12.5. The van der Waals surface area contributed by atoms with Crippen LogP contribution in [0.3, 0.4) is 0 Å². The second-order valence-corrected chi connectivity index (χ2v) is 7.21. The molecule has 1 heterocycles. The van der Waals surface area contributed by atoms with Gasteiger partial charge in [-0.05, 0) is 43.5 Å². The number of methoxy groups -OCH3 is 1. The Balaban J connectivity index is 2.27. The largest absolute Gasteiger partial charge is 0.379 e. The Labute approximate surface area is 136 Å². The summed E-state index contributed by atoms with van der Waals surface area (Å²) in [5.41, 5.74) is 1.50. The predicted molar refractivity (Wildman–Crippen MR) is 84.8 cm³/mol. The molecule has 1 aromatic rings. The van der Waals surface area contributed by atoms with Gasteiger partial charge >= 0.3 is 0 Å². The number of sulfonamides is 1. The fourth-order valence-electron chi connectivity index (χ4n) is 2.61. The van der Waals surface area contributed by atoms with Crippen molar-refractivity contribution in [2.75, 3.05) is 20.3 Å². The Bertz CT molecular complexity index is 702. The Morgan fingerprint density at radius 3 is 2.70 bits per heavy atom. The van der Waals surface area contributed by atoms with Crippen LogP contribution in [-0.4, -0.2) is 46.8 Å². The van der Waals surface area contributed by atoms with Crippen LogP contribution in [0.1, 0.15) is 27.9 Å². The molecule has 3 N–H and O–H groups in total. The number of aryl methyl sites for hydroxylation is 1. The summed E-state index contributed by atoms with van der Waals surface area (Å²) >= 11 is 0. The molecule has 1 aromatic carbocycles. The maximum atomic E-state index is 12.5. The molecule has 0 saturated carbocycles. The van der Waals surface area contributed by atoms with Gasteiger partial charge in [0.2, 0.25) is 10.0 Å². The number of primary sulfonamides is 1. The summed E-state index contributed by atoms with van der Waals surface area (Å²) in [7, 11) is -2.32. The topological polar surface area (TPSA) is 108 Å². The Morgan fingerprint density at radius 2 is 2.09 bits per heavy atom. The molecule has 0 spiro atoms. The van der Waals surface area contributed by atoms with Crippen LogP contribution in [0.2, 0.25) is 0 Å². The molecule has 0 bridgehead atoms. The number of benzene rings is 1. The molecular weight excluding hydrogens is 320 g/mol. The molecule has 0 radical (unpaired) electrons. The van der Waals surface area contributed by atoms with Crippen LogP contribution in [0.4, 0.5) is 0 Å². The number of hydrogen-bond donors (Lipinski definition) is 2. The van der Waals surface area contributed by atoms with E-state index >= 15 is 0 Å². The van der Waals surface area contributed by atoms with Gasteiger partial charge in [-0.15, -0.1) is 0 Å². The van der Waals surface area contributed by atoms with Gasteiger partial charge in [0.25, 0.3) is 5.91 Å². The Morgan fingerprint density at radius 1 is 1.39 bits per heavy atom. The van der Waals surface area contributed by atoms with Gasteiger partial charge in [-0.2, -0.15) is 0 Å². The van der Waals surface area contributed by atoms with Crippen molar-refractivity contribution in [2.24, 2.45) is 5.14 Å². The van der Waals surface area contributed by atoms with E-state index in [4.69, 9.17) is 14.6 Å². The zero-order valence-electron chi connectivity index (χ0n) is 13.5. The van der Waals surface area contributed by atoms with E-state index < -0.39 is 10.0 Å². The molecule has 8 heteroatoms.